The van der Waals surface area contributed by atoms with E-state index in [0.29, 0.717) is 0 Å². The van der Waals surface area contributed by atoms with Crippen molar-refractivity contribution in [1.82, 2.24) is 0 Å². The van der Waals surface area contributed by atoms with Crippen molar-refractivity contribution >= 4 is 29.3 Å². The summed E-state index contributed by atoms with van der Waals surface area (Å²) in [5.74, 6) is -1.21. The van der Waals surface area contributed by atoms with Gasteiger partial charge in [-0.25, -0.2) is 9.18 Å². The van der Waals surface area contributed by atoms with Gasteiger partial charge in [0.25, 0.3) is 0 Å². The molecule has 1 atom stereocenters. The van der Waals surface area contributed by atoms with Crippen LogP contribution in [0.1, 0.15) is 23.2 Å². The van der Waals surface area contributed by atoms with Crippen LogP contribution in [-0.4, -0.2) is 28.0 Å². The highest BCUT2D eigenvalue weighted by molar-refractivity contribution is 8.00. The summed E-state index contributed by atoms with van der Waals surface area (Å²) in [6.07, 6.45) is 1.79. The van der Waals surface area contributed by atoms with E-state index < -0.39 is 11.8 Å². The van der Waals surface area contributed by atoms with E-state index in [1.54, 1.807) is 11.8 Å². The van der Waals surface area contributed by atoms with E-state index in [9.17, 15) is 14.0 Å². The lowest BCUT2D eigenvalue weighted by atomic mass is 10.2. The minimum Gasteiger partial charge on any atom is -0.478 e. The van der Waals surface area contributed by atoms with E-state index >= 15 is 0 Å². The summed E-state index contributed by atoms with van der Waals surface area (Å²) in [6, 6.07) is 3.44. The van der Waals surface area contributed by atoms with Crippen LogP contribution in [0, 0.1) is 5.82 Å². The summed E-state index contributed by atoms with van der Waals surface area (Å²) in [5.41, 5.74) is -0.113. The molecule has 0 saturated carbocycles. The molecular formula is C12H12FNO3S. The van der Waals surface area contributed by atoms with Gasteiger partial charge in [-0.1, -0.05) is 0 Å². The second kappa shape index (κ2) is 5.39. The van der Waals surface area contributed by atoms with Gasteiger partial charge in [0.2, 0.25) is 5.91 Å². The van der Waals surface area contributed by atoms with Gasteiger partial charge in [-0.05, 0) is 36.8 Å². The number of carbonyl (C=O) groups is 2. The topological polar surface area (TPSA) is 66.4 Å². The molecule has 6 heteroatoms. The van der Waals surface area contributed by atoms with Gasteiger partial charge in [-0.2, -0.15) is 0 Å². The molecule has 0 radical (unpaired) electrons. The van der Waals surface area contributed by atoms with Gasteiger partial charge in [0.1, 0.15) is 5.82 Å². The Kier molecular flexibility index (Phi) is 3.86. The van der Waals surface area contributed by atoms with Gasteiger partial charge in [0.15, 0.2) is 0 Å². The molecule has 0 aliphatic carbocycles. The SMILES string of the molecule is O=C(O)c1ccc(NC(=O)C2CCCS2)c(F)c1. The minimum absolute atomic E-state index is 0.0255. The Hall–Kier alpha value is -1.56. The number of hydrogen-bond acceptors (Lipinski definition) is 3. The zero-order valence-electron chi connectivity index (χ0n) is 9.48. The molecule has 1 aliphatic heterocycles. The van der Waals surface area contributed by atoms with E-state index in [2.05, 4.69) is 5.32 Å². The maximum absolute atomic E-state index is 13.6. The smallest absolute Gasteiger partial charge is 0.335 e. The summed E-state index contributed by atoms with van der Waals surface area (Å²) in [4.78, 5) is 22.4. The second-order valence-corrected chi connectivity index (χ2v) is 5.30. The summed E-state index contributed by atoms with van der Waals surface area (Å²) in [5, 5.41) is 11.1. The molecule has 0 bridgehead atoms. The summed E-state index contributed by atoms with van der Waals surface area (Å²) < 4.78 is 13.6. The first-order valence-corrected chi connectivity index (χ1v) is 6.58. The maximum atomic E-state index is 13.6. The van der Waals surface area contributed by atoms with Crippen molar-refractivity contribution in [2.24, 2.45) is 0 Å². The zero-order chi connectivity index (χ0) is 13.1. The molecule has 1 heterocycles. The third-order valence-electron chi connectivity index (χ3n) is 2.70. The Morgan fingerprint density at radius 2 is 2.22 bits per heavy atom. The summed E-state index contributed by atoms with van der Waals surface area (Å²) >= 11 is 1.56. The zero-order valence-corrected chi connectivity index (χ0v) is 10.3. The van der Waals surface area contributed by atoms with E-state index in [1.165, 1.54) is 12.1 Å². The number of nitrogens with one attached hydrogen (secondary N) is 1. The Bertz CT molecular complexity index is 486. The third-order valence-corrected chi connectivity index (χ3v) is 4.07. The van der Waals surface area contributed by atoms with Crippen molar-refractivity contribution in [3.63, 3.8) is 0 Å². The highest BCUT2D eigenvalue weighted by Crippen LogP contribution is 2.27. The van der Waals surface area contributed by atoms with Crippen molar-refractivity contribution in [2.45, 2.75) is 18.1 Å². The van der Waals surface area contributed by atoms with Crippen LogP contribution in [0.4, 0.5) is 10.1 Å². The van der Waals surface area contributed by atoms with Gasteiger partial charge in [0.05, 0.1) is 16.5 Å². The fourth-order valence-electron chi connectivity index (χ4n) is 1.75. The molecule has 1 amide bonds. The van der Waals surface area contributed by atoms with Crippen molar-refractivity contribution in [2.75, 3.05) is 11.1 Å². The summed E-state index contributed by atoms with van der Waals surface area (Å²) in [7, 11) is 0. The monoisotopic (exact) mass is 269 g/mol. The normalized spacial score (nSPS) is 18.6. The Morgan fingerprint density at radius 1 is 1.44 bits per heavy atom. The number of carbonyl (C=O) groups excluding carboxylic acids is 1. The Labute approximate surface area is 108 Å². The predicted molar refractivity (Wildman–Crippen MR) is 67.5 cm³/mol. The number of carboxylic acid groups (broad SMARTS) is 1. The van der Waals surface area contributed by atoms with Crippen molar-refractivity contribution in [3.05, 3.63) is 29.6 Å². The van der Waals surface area contributed by atoms with Crippen molar-refractivity contribution in [3.8, 4) is 0 Å². The Balaban J connectivity index is 2.09. The number of rotatable bonds is 3. The van der Waals surface area contributed by atoms with Gasteiger partial charge >= 0.3 is 5.97 Å². The molecule has 1 saturated heterocycles. The van der Waals surface area contributed by atoms with Crippen LogP contribution in [-0.2, 0) is 4.79 Å². The molecule has 18 heavy (non-hydrogen) atoms. The van der Waals surface area contributed by atoms with Crippen LogP contribution in [0.15, 0.2) is 18.2 Å². The fourth-order valence-corrected chi connectivity index (χ4v) is 2.91. The van der Waals surface area contributed by atoms with Gasteiger partial charge < -0.3 is 10.4 Å². The van der Waals surface area contributed by atoms with E-state index in [1.807, 2.05) is 0 Å². The van der Waals surface area contributed by atoms with Gasteiger partial charge in [0, 0.05) is 0 Å². The van der Waals surface area contributed by atoms with Crippen LogP contribution < -0.4 is 5.32 Å². The standard InChI is InChI=1S/C12H12FNO3S/c13-8-6-7(12(16)17)3-4-9(8)14-11(15)10-2-1-5-18-10/h3-4,6,10H,1-2,5H2,(H,14,15)(H,16,17). The van der Waals surface area contributed by atoms with Crippen LogP contribution in [0.5, 0.6) is 0 Å². The molecule has 0 spiro atoms. The highest BCUT2D eigenvalue weighted by Gasteiger charge is 2.24. The predicted octanol–water partition coefficient (Wildman–Crippen LogP) is 2.36. The first-order chi connectivity index (χ1) is 8.58. The first-order valence-electron chi connectivity index (χ1n) is 5.53. The van der Waals surface area contributed by atoms with Crippen LogP contribution in [0.3, 0.4) is 0 Å². The summed E-state index contributed by atoms with van der Waals surface area (Å²) in [6.45, 7) is 0. The maximum Gasteiger partial charge on any atom is 0.335 e. The number of amides is 1. The molecule has 96 valence electrons. The molecule has 4 nitrogen and oxygen atoms in total. The molecule has 1 aromatic carbocycles. The van der Waals surface area contributed by atoms with Gasteiger partial charge in [-0.3, -0.25) is 4.79 Å². The minimum atomic E-state index is -1.20. The molecule has 2 N–H and O–H groups in total. The lowest BCUT2D eigenvalue weighted by molar-refractivity contribution is -0.115. The van der Waals surface area contributed by atoms with Gasteiger partial charge in [-0.15, -0.1) is 11.8 Å². The molecular weight excluding hydrogens is 257 g/mol. The number of anilines is 1. The molecule has 1 aromatic rings. The molecule has 1 aliphatic rings. The third kappa shape index (κ3) is 2.81. The van der Waals surface area contributed by atoms with Crippen LogP contribution in [0.25, 0.3) is 0 Å². The molecule has 2 rings (SSSR count). The molecule has 0 aromatic heterocycles. The number of hydrogen-bond donors (Lipinski definition) is 2. The molecule has 1 fully saturated rings. The van der Waals surface area contributed by atoms with E-state index in [4.69, 9.17) is 5.11 Å². The fraction of sp³-hybridized carbons (Fsp3) is 0.333. The quantitative estimate of drug-likeness (QED) is 0.884. The van der Waals surface area contributed by atoms with E-state index in [-0.39, 0.29) is 22.4 Å². The highest BCUT2D eigenvalue weighted by atomic mass is 32.2. The lowest BCUT2D eigenvalue weighted by Crippen LogP contribution is -2.23. The number of benzene rings is 1. The van der Waals surface area contributed by atoms with Crippen LogP contribution >= 0.6 is 11.8 Å². The van der Waals surface area contributed by atoms with Crippen molar-refractivity contribution in [1.29, 1.82) is 0 Å². The second-order valence-electron chi connectivity index (χ2n) is 3.99. The van der Waals surface area contributed by atoms with Crippen LogP contribution in [0.2, 0.25) is 0 Å². The lowest BCUT2D eigenvalue weighted by Gasteiger charge is -2.10. The van der Waals surface area contributed by atoms with Crippen molar-refractivity contribution < 1.29 is 19.1 Å². The number of carboxylic acids is 1. The van der Waals surface area contributed by atoms with E-state index in [0.717, 1.165) is 24.7 Å². The number of halogens is 1. The average molecular weight is 269 g/mol. The largest absolute Gasteiger partial charge is 0.478 e. The average Bonchev–Trinajstić information content (AvgIpc) is 2.85. The first kappa shape index (κ1) is 12.9. The Morgan fingerprint density at radius 3 is 2.78 bits per heavy atom. The number of aromatic carboxylic acids is 1. The molecule has 1 unspecified atom stereocenters. The number of thioether (sulfide) groups is 1.